The second-order valence-electron chi connectivity index (χ2n) is 7.41. The first-order valence-electron chi connectivity index (χ1n) is 9.87. The molecule has 0 saturated carbocycles. The lowest BCUT2D eigenvalue weighted by Crippen LogP contribution is -2.21. The van der Waals surface area contributed by atoms with Gasteiger partial charge in [0.25, 0.3) is 5.89 Å². The first-order valence-corrected chi connectivity index (χ1v) is 9.87. The van der Waals surface area contributed by atoms with E-state index in [2.05, 4.69) is 25.4 Å². The molecule has 3 rings (SSSR count). The Morgan fingerprint density at radius 3 is 2.58 bits per heavy atom. The molecule has 10 heteroatoms. The van der Waals surface area contributed by atoms with Gasteiger partial charge in [0, 0.05) is 17.3 Å². The highest BCUT2D eigenvalue weighted by molar-refractivity contribution is 5.65. The first-order chi connectivity index (χ1) is 14.8. The van der Waals surface area contributed by atoms with E-state index in [1.165, 1.54) is 7.11 Å². The Morgan fingerprint density at radius 2 is 1.90 bits per heavy atom. The van der Waals surface area contributed by atoms with E-state index in [1.54, 1.807) is 12.1 Å². The number of nitrogens with one attached hydrogen (secondary N) is 1. The van der Waals surface area contributed by atoms with Gasteiger partial charge in [0.1, 0.15) is 18.4 Å². The van der Waals surface area contributed by atoms with Crippen LogP contribution in [0.3, 0.4) is 0 Å². The van der Waals surface area contributed by atoms with Gasteiger partial charge in [-0.2, -0.15) is 4.98 Å². The van der Waals surface area contributed by atoms with Crippen LogP contribution in [0, 0.1) is 13.8 Å². The molecule has 0 saturated heterocycles. The Morgan fingerprint density at radius 1 is 1.13 bits per heavy atom. The number of anilines is 1. The van der Waals surface area contributed by atoms with Gasteiger partial charge in [0.15, 0.2) is 11.5 Å². The molecule has 1 aromatic carbocycles. The van der Waals surface area contributed by atoms with E-state index in [4.69, 9.17) is 19.1 Å². The van der Waals surface area contributed by atoms with Crippen molar-refractivity contribution >= 4 is 5.95 Å². The molecule has 0 bridgehead atoms. The molecule has 2 aromatic heterocycles. The van der Waals surface area contributed by atoms with E-state index >= 15 is 0 Å². The molecule has 0 unspecified atom stereocenters. The van der Waals surface area contributed by atoms with Gasteiger partial charge in [-0.05, 0) is 51.5 Å². The lowest BCUT2D eigenvalue weighted by Gasteiger charge is -2.16. The van der Waals surface area contributed by atoms with Crippen LogP contribution in [0.5, 0.6) is 11.5 Å². The number of benzene rings is 1. The third-order valence-electron chi connectivity index (χ3n) is 4.27. The topological polar surface area (TPSA) is 136 Å². The van der Waals surface area contributed by atoms with E-state index in [9.17, 15) is 5.11 Å². The normalized spacial score (nSPS) is 12.1. The van der Waals surface area contributed by atoms with Crippen LogP contribution in [0.4, 0.5) is 5.95 Å². The average Bonchev–Trinajstić information content (AvgIpc) is 3.21. The van der Waals surface area contributed by atoms with Gasteiger partial charge in [-0.1, -0.05) is 5.16 Å². The van der Waals surface area contributed by atoms with E-state index in [-0.39, 0.29) is 25.1 Å². The van der Waals surface area contributed by atoms with Gasteiger partial charge in [0.2, 0.25) is 11.8 Å². The number of hydrogen-bond donors (Lipinski definition) is 3. The van der Waals surface area contributed by atoms with Crippen LogP contribution in [0.2, 0.25) is 0 Å². The molecule has 166 valence electrons. The quantitative estimate of drug-likeness (QED) is 0.465. The van der Waals surface area contributed by atoms with Crippen LogP contribution in [0.1, 0.15) is 25.1 Å². The number of aliphatic hydroxyl groups is 2. The Labute approximate surface area is 180 Å². The number of rotatable bonds is 9. The molecule has 0 radical (unpaired) electrons. The summed E-state index contributed by atoms with van der Waals surface area (Å²) in [5.74, 6) is 2.06. The van der Waals surface area contributed by atoms with Crippen molar-refractivity contribution in [3.8, 4) is 34.5 Å². The molecule has 2 heterocycles. The highest BCUT2D eigenvalue weighted by atomic mass is 16.5. The zero-order chi connectivity index (χ0) is 22.5. The zero-order valence-corrected chi connectivity index (χ0v) is 18.2. The summed E-state index contributed by atoms with van der Waals surface area (Å²) in [5, 5.41) is 25.8. The summed E-state index contributed by atoms with van der Waals surface area (Å²) in [4.78, 5) is 13.3. The van der Waals surface area contributed by atoms with Crippen molar-refractivity contribution in [1.29, 1.82) is 0 Å². The van der Waals surface area contributed by atoms with Gasteiger partial charge in [0.05, 0.1) is 13.7 Å². The molecule has 0 fully saturated rings. The van der Waals surface area contributed by atoms with Gasteiger partial charge in [-0.3, -0.25) is 0 Å². The zero-order valence-electron chi connectivity index (χ0n) is 18.2. The van der Waals surface area contributed by atoms with Crippen molar-refractivity contribution in [2.75, 3.05) is 25.6 Å². The Bertz CT molecular complexity index is 1040. The lowest BCUT2D eigenvalue weighted by atomic mass is 10.1. The third-order valence-corrected chi connectivity index (χ3v) is 4.27. The fourth-order valence-electron chi connectivity index (χ4n) is 2.89. The van der Waals surface area contributed by atoms with Gasteiger partial charge in [-0.15, -0.1) is 0 Å². The minimum Gasteiger partial charge on any atom is -0.493 e. The first kappa shape index (κ1) is 22.4. The summed E-state index contributed by atoms with van der Waals surface area (Å²) >= 11 is 0. The minimum atomic E-state index is -0.977. The summed E-state index contributed by atoms with van der Waals surface area (Å²) in [5.41, 5.74) is 2.73. The number of aliphatic hydroxyl groups excluding tert-OH is 2. The molecule has 0 aliphatic carbocycles. The number of aromatic nitrogens is 4. The number of aryl methyl sites for hydroxylation is 2. The maximum Gasteiger partial charge on any atom is 0.277 e. The molecule has 0 aliphatic rings. The maximum atomic E-state index is 9.54. The fraction of sp³-hybridized carbons (Fsp3) is 0.429. The molecule has 0 amide bonds. The van der Waals surface area contributed by atoms with E-state index in [1.807, 2.05) is 33.8 Å². The van der Waals surface area contributed by atoms with Crippen molar-refractivity contribution < 1.29 is 24.2 Å². The van der Waals surface area contributed by atoms with Crippen molar-refractivity contribution in [3.05, 3.63) is 29.5 Å². The van der Waals surface area contributed by atoms with Crippen molar-refractivity contribution in [1.82, 2.24) is 20.1 Å². The summed E-state index contributed by atoms with van der Waals surface area (Å²) in [7, 11) is 1.52. The second-order valence-corrected chi connectivity index (χ2v) is 7.41. The highest BCUT2D eigenvalue weighted by Gasteiger charge is 2.18. The molecular weight excluding hydrogens is 402 g/mol. The van der Waals surface area contributed by atoms with Crippen LogP contribution in [-0.2, 0) is 0 Å². The molecule has 3 aromatic rings. The van der Waals surface area contributed by atoms with Crippen LogP contribution >= 0.6 is 0 Å². The fourth-order valence-corrected chi connectivity index (χ4v) is 2.89. The molecule has 0 spiro atoms. The predicted molar refractivity (Wildman–Crippen MR) is 114 cm³/mol. The molecule has 10 nitrogen and oxygen atoms in total. The average molecular weight is 429 g/mol. The van der Waals surface area contributed by atoms with Gasteiger partial charge < -0.3 is 29.5 Å². The summed E-state index contributed by atoms with van der Waals surface area (Å²) in [6, 6.07) is 5.51. The molecular formula is C21H27N5O5. The largest absolute Gasteiger partial charge is 0.493 e. The van der Waals surface area contributed by atoms with Gasteiger partial charge in [-0.25, -0.2) is 9.97 Å². The standard InChI is InChI=1S/C21H27N5O5/c1-11(2)22-21-23-13(4)7-16(24-21)20-25-19(26-31-20)14-6-12(3)18(17(8-14)29-5)30-10-15(28)9-27/h6-8,11,15,27-28H,9-10H2,1-5H3,(H,22,23,24)/t15-/m0/s1. The van der Waals surface area contributed by atoms with E-state index < -0.39 is 6.10 Å². The minimum absolute atomic E-state index is 0.0563. The van der Waals surface area contributed by atoms with Crippen LogP contribution in [-0.4, -0.2) is 62.8 Å². The van der Waals surface area contributed by atoms with E-state index in [0.717, 1.165) is 11.3 Å². The second kappa shape index (κ2) is 9.71. The number of methoxy groups -OCH3 is 1. The Balaban J connectivity index is 1.90. The van der Waals surface area contributed by atoms with Gasteiger partial charge >= 0.3 is 0 Å². The Hall–Kier alpha value is -3.24. The van der Waals surface area contributed by atoms with Crippen molar-refractivity contribution in [2.24, 2.45) is 0 Å². The number of hydrogen-bond acceptors (Lipinski definition) is 10. The summed E-state index contributed by atoms with van der Waals surface area (Å²) in [6.07, 6.45) is -0.977. The predicted octanol–water partition coefficient (Wildman–Crippen LogP) is 2.37. The van der Waals surface area contributed by atoms with Crippen LogP contribution in [0.25, 0.3) is 23.0 Å². The monoisotopic (exact) mass is 429 g/mol. The summed E-state index contributed by atoms with van der Waals surface area (Å²) < 4.78 is 16.5. The smallest absolute Gasteiger partial charge is 0.277 e. The summed E-state index contributed by atoms with van der Waals surface area (Å²) in [6.45, 7) is 7.27. The highest BCUT2D eigenvalue weighted by Crippen LogP contribution is 2.36. The Kier molecular flexibility index (Phi) is 7.03. The SMILES string of the molecule is COc1cc(-c2noc(-c3cc(C)nc(NC(C)C)n3)n2)cc(C)c1OC[C@@H](O)CO. The maximum absolute atomic E-state index is 9.54. The van der Waals surface area contributed by atoms with Crippen LogP contribution < -0.4 is 14.8 Å². The number of nitrogens with zero attached hydrogens (tertiary/aromatic N) is 4. The van der Waals surface area contributed by atoms with Crippen LogP contribution in [0.15, 0.2) is 22.7 Å². The van der Waals surface area contributed by atoms with Crippen molar-refractivity contribution in [2.45, 2.75) is 39.8 Å². The molecule has 1 atom stereocenters. The van der Waals surface area contributed by atoms with E-state index in [0.29, 0.717) is 34.5 Å². The lowest BCUT2D eigenvalue weighted by molar-refractivity contribution is 0.0525. The number of ether oxygens (including phenoxy) is 2. The third kappa shape index (κ3) is 5.47. The molecule has 0 aliphatic heterocycles. The molecule has 31 heavy (non-hydrogen) atoms. The molecule has 3 N–H and O–H groups in total. The van der Waals surface area contributed by atoms with Crippen molar-refractivity contribution in [3.63, 3.8) is 0 Å².